The molecule has 0 heterocycles. The maximum atomic E-state index is 10.8. The van der Waals surface area contributed by atoms with E-state index in [9.17, 15) is 4.79 Å². The Balaban J connectivity index is 0.00000176. The fourth-order valence-corrected chi connectivity index (χ4v) is 2.24. The molecule has 0 bridgehead atoms. The topological polar surface area (TPSA) is 37.3 Å². The zero-order chi connectivity index (χ0) is 14.7. The Morgan fingerprint density at radius 3 is 2.05 bits per heavy atom. The van der Waals surface area contributed by atoms with Gasteiger partial charge in [-0.15, -0.1) is 0 Å². The monoisotopic (exact) mass is 298 g/mol. The van der Waals surface area contributed by atoms with E-state index >= 15 is 0 Å². The van der Waals surface area contributed by atoms with Crippen LogP contribution in [0.25, 0.3) is 22.9 Å². The summed E-state index contributed by atoms with van der Waals surface area (Å²) in [7, 11) is 0. The predicted molar refractivity (Wildman–Crippen MR) is 93.4 cm³/mol. The van der Waals surface area contributed by atoms with Crippen LogP contribution in [0.2, 0.25) is 0 Å². The quantitative estimate of drug-likeness (QED) is 0.585. The van der Waals surface area contributed by atoms with Gasteiger partial charge in [0, 0.05) is 0 Å². The van der Waals surface area contributed by atoms with Gasteiger partial charge in [-0.2, -0.15) is 0 Å². The molecule has 0 aliphatic carbocycles. The fraction of sp³-hybridized carbons (Fsp3) is 0. The summed E-state index contributed by atoms with van der Waals surface area (Å²) >= 11 is 0. The van der Waals surface area contributed by atoms with Gasteiger partial charge >= 0.3 is 35.5 Å². The first kappa shape index (κ1) is 16.5. The van der Waals surface area contributed by atoms with Gasteiger partial charge in [-0.05, 0) is 40.1 Å². The second-order valence-corrected chi connectivity index (χ2v) is 4.87. The number of carboxylic acid groups (broad SMARTS) is 1. The van der Waals surface area contributed by atoms with Gasteiger partial charge in [0.15, 0.2) is 0 Å². The second kappa shape index (κ2) is 7.41. The molecule has 0 spiro atoms. The van der Waals surface area contributed by atoms with E-state index in [2.05, 4.69) is 30.3 Å². The van der Waals surface area contributed by atoms with Crippen molar-refractivity contribution in [3.8, 4) is 0 Å². The molecule has 3 aromatic rings. The van der Waals surface area contributed by atoms with Crippen LogP contribution in [0.4, 0.5) is 0 Å². The Labute approximate surface area is 151 Å². The van der Waals surface area contributed by atoms with Crippen molar-refractivity contribution in [3.05, 3.63) is 83.4 Å². The Kier molecular flexibility index (Phi) is 5.56. The van der Waals surface area contributed by atoms with Crippen LogP contribution in [-0.4, -0.2) is 40.6 Å². The molecule has 2 nitrogen and oxygen atoms in total. The maximum absolute atomic E-state index is 10.8. The van der Waals surface area contributed by atoms with Gasteiger partial charge in [-0.25, -0.2) is 4.79 Å². The van der Waals surface area contributed by atoms with Gasteiger partial charge in [0.1, 0.15) is 0 Å². The minimum atomic E-state index is -0.903. The van der Waals surface area contributed by atoms with Crippen molar-refractivity contribution in [3.63, 3.8) is 0 Å². The van der Waals surface area contributed by atoms with Crippen molar-refractivity contribution in [1.82, 2.24) is 0 Å². The van der Waals surface area contributed by atoms with E-state index < -0.39 is 5.97 Å². The number of rotatable bonds is 3. The number of benzene rings is 3. The number of carboxylic acids is 1. The van der Waals surface area contributed by atoms with Crippen LogP contribution in [-0.2, 0) is 0 Å². The summed E-state index contributed by atoms with van der Waals surface area (Å²) in [6.45, 7) is 0. The third kappa shape index (κ3) is 3.86. The first-order valence-corrected chi connectivity index (χ1v) is 6.73. The first-order valence-electron chi connectivity index (χ1n) is 6.73. The number of hydrogen-bond donors (Lipinski definition) is 1. The van der Waals surface area contributed by atoms with E-state index in [-0.39, 0.29) is 29.6 Å². The van der Waals surface area contributed by atoms with Crippen molar-refractivity contribution in [1.29, 1.82) is 0 Å². The van der Waals surface area contributed by atoms with Crippen LogP contribution >= 0.6 is 0 Å². The summed E-state index contributed by atoms with van der Waals surface area (Å²) in [5.41, 5.74) is 2.40. The predicted octanol–water partition coefficient (Wildman–Crippen LogP) is 4.06. The normalized spacial score (nSPS) is 10.5. The fourth-order valence-electron chi connectivity index (χ4n) is 2.24. The second-order valence-electron chi connectivity index (χ2n) is 4.87. The Morgan fingerprint density at radius 2 is 1.36 bits per heavy atom. The number of hydrogen-bond acceptors (Lipinski definition) is 1. The van der Waals surface area contributed by atoms with Crippen LogP contribution in [0.3, 0.4) is 0 Å². The van der Waals surface area contributed by atoms with E-state index in [1.54, 1.807) is 24.3 Å². The van der Waals surface area contributed by atoms with Crippen LogP contribution in [0.5, 0.6) is 0 Å². The van der Waals surface area contributed by atoms with Crippen LogP contribution < -0.4 is 0 Å². The summed E-state index contributed by atoms with van der Waals surface area (Å²) in [5, 5.41) is 11.3. The molecule has 0 fully saturated rings. The van der Waals surface area contributed by atoms with Gasteiger partial charge in [0.2, 0.25) is 0 Å². The molecule has 0 saturated carbocycles. The molecular weight excluding hydrogens is 283 g/mol. The van der Waals surface area contributed by atoms with Gasteiger partial charge in [-0.3, -0.25) is 0 Å². The average molecular weight is 298 g/mol. The molecule has 3 aromatic carbocycles. The standard InChI is InChI=1S/C19H14O2.Na.H/c20-19(21)17-11-7-14(8-12-17)5-6-15-9-10-16-3-1-2-4-18(16)13-15;;/h1-13H,(H,20,21);;. The Morgan fingerprint density at radius 1 is 0.773 bits per heavy atom. The van der Waals surface area contributed by atoms with Crippen LogP contribution in [0.15, 0.2) is 66.7 Å². The molecule has 0 unspecified atom stereocenters. The number of fused-ring (bicyclic) bond motifs is 1. The Hall–Kier alpha value is -1.87. The van der Waals surface area contributed by atoms with Crippen molar-refractivity contribution in [2.45, 2.75) is 0 Å². The third-order valence-electron chi connectivity index (χ3n) is 3.40. The zero-order valence-electron chi connectivity index (χ0n) is 11.4. The molecule has 0 aliphatic rings. The molecule has 22 heavy (non-hydrogen) atoms. The van der Waals surface area contributed by atoms with Gasteiger partial charge in [0.25, 0.3) is 0 Å². The molecule has 1 N–H and O–H groups in total. The summed E-state index contributed by atoms with van der Waals surface area (Å²) in [4.78, 5) is 10.8. The first-order chi connectivity index (χ1) is 10.2. The van der Waals surface area contributed by atoms with Crippen molar-refractivity contribution < 1.29 is 9.90 Å². The van der Waals surface area contributed by atoms with E-state index in [0.717, 1.165) is 11.1 Å². The molecule has 3 heteroatoms. The molecule has 104 valence electrons. The molecule has 0 radical (unpaired) electrons. The van der Waals surface area contributed by atoms with Gasteiger partial charge in [-0.1, -0.05) is 60.7 Å². The SMILES string of the molecule is O=C(O)c1ccc(C=Cc2ccc3ccccc3c2)cc1.[NaH]. The van der Waals surface area contributed by atoms with E-state index in [1.807, 2.05) is 24.3 Å². The average Bonchev–Trinajstić information content (AvgIpc) is 2.53. The summed E-state index contributed by atoms with van der Waals surface area (Å²) in [5.74, 6) is -0.903. The molecular formula is C19H15NaO2. The summed E-state index contributed by atoms with van der Waals surface area (Å²) in [6, 6.07) is 21.4. The molecule has 0 aromatic heterocycles. The third-order valence-corrected chi connectivity index (χ3v) is 3.40. The van der Waals surface area contributed by atoms with E-state index in [4.69, 9.17) is 5.11 Å². The Bertz CT molecular complexity index is 820. The van der Waals surface area contributed by atoms with Crippen molar-refractivity contribution >= 4 is 58.5 Å². The molecule has 3 rings (SSSR count). The van der Waals surface area contributed by atoms with Crippen LogP contribution in [0, 0.1) is 0 Å². The van der Waals surface area contributed by atoms with E-state index in [0.29, 0.717) is 5.56 Å². The van der Waals surface area contributed by atoms with Gasteiger partial charge in [0.05, 0.1) is 5.56 Å². The summed E-state index contributed by atoms with van der Waals surface area (Å²) < 4.78 is 0. The zero-order valence-corrected chi connectivity index (χ0v) is 11.4. The van der Waals surface area contributed by atoms with Gasteiger partial charge < -0.3 is 5.11 Å². The molecule has 0 amide bonds. The molecule has 0 aliphatic heterocycles. The van der Waals surface area contributed by atoms with Crippen molar-refractivity contribution in [2.75, 3.05) is 0 Å². The molecule has 0 saturated heterocycles. The minimum absolute atomic E-state index is 0. The van der Waals surface area contributed by atoms with Crippen LogP contribution in [0.1, 0.15) is 21.5 Å². The van der Waals surface area contributed by atoms with Crippen molar-refractivity contribution in [2.24, 2.45) is 0 Å². The number of carbonyl (C=O) groups is 1. The van der Waals surface area contributed by atoms with E-state index in [1.165, 1.54) is 10.8 Å². The molecule has 0 atom stereocenters. The number of aromatic carboxylic acids is 1. The summed E-state index contributed by atoms with van der Waals surface area (Å²) in [6.07, 6.45) is 4.01.